The molecule has 2 N–H and O–H groups in total. The highest BCUT2D eigenvalue weighted by atomic mass is 19.1. The third-order valence-corrected chi connectivity index (χ3v) is 3.89. The van der Waals surface area contributed by atoms with E-state index >= 15 is 0 Å². The van der Waals surface area contributed by atoms with Gasteiger partial charge >= 0.3 is 0 Å². The number of nitrogens with zero attached hydrogens (tertiary/aromatic N) is 2. The fourth-order valence-corrected chi connectivity index (χ4v) is 2.43. The fraction of sp³-hybridized carbons (Fsp3) is 0.571. The minimum atomic E-state index is -0.215. The zero-order chi connectivity index (χ0) is 13.3. The van der Waals surface area contributed by atoms with E-state index in [4.69, 9.17) is 5.73 Å². The molecule has 18 heavy (non-hydrogen) atoms. The van der Waals surface area contributed by atoms with Gasteiger partial charge in [-0.2, -0.15) is 0 Å². The molecule has 2 rings (SSSR count). The van der Waals surface area contributed by atoms with Crippen LogP contribution in [-0.2, 0) is 6.54 Å². The first-order chi connectivity index (χ1) is 8.38. The van der Waals surface area contributed by atoms with Crippen LogP contribution in [0.4, 0.5) is 10.1 Å². The van der Waals surface area contributed by atoms with Crippen molar-refractivity contribution in [2.45, 2.75) is 25.9 Å². The zero-order valence-corrected chi connectivity index (χ0v) is 11.4. The van der Waals surface area contributed by atoms with Gasteiger partial charge in [0.25, 0.3) is 0 Å². The largest absolute Gasteiger partial charge is 0.398 e. The van der Waals surface area contributed by atoms with Gasteiger partial charge < -0.3 is 5.73 Å². The molecule has 1 aromatic carbocycles. The highest BCUT2D eigenvalue weighted by Gasteiger charge is 2.30. The summed E-state index contributed by atoms with van der Waals surface area (Å²) in [5, 5.41) is 0. The molecule has 0 radical (unpaired) electrons. The summed E-state index contributed by atoms with van der Waals surface area (Å²) in [5.41, 5.74) is 7.61. The summed E-state index contributed by atoms with van der Waals surface area (Å²) in [6.07, 6.45) is 0. The molecule has 1 heterocycles. The predicted molar refractivity (Wildman–Crippen MR) is 72.8 cm³/mol. The van der Waals surface area contributed by atoms with E-state index in [2.05, 4.69) is 30.7 Å². The third kappa shape index (κ3) is 2.82. The van der Waals surface area contributed by atoms with Crippen LogP contribution < -0.4 is 5.73 Å². The lowest BCUT2D eigenvalue weighted by Gasteiger charge is -2.45. The van der Waals surface area contributed by atoms with Gasteiger partial charge in [0.1, 0.15) is 5.82 Å². The summed E-state index contributed by atoms with van der Waals surface area (Å²) >= 11 is 0. The highest BCUT2D eigenvalue weighted by molar-refractivity contribution is 5.46. The molecule has 0 aliphatic carbocycles. The number of nitrogen functional groups attached to an aromatic ring is 1. The summed E-state index contributed by atoms with van der Waals surface area (Å²) in [7, 11) is 2.15. The molecule has 1 aliphatic rings. The van der Waals surface area contributed by atoms with Gasteiger partial charge in [-0.1, -0.05) is 0 Å². The average molecular weight is 251 g/mol. The van der Waals surface area contributed by atoms with E-state index in [-0.39, 0.29) is 11.4 Å². The Morgan fingerprint density at radius 2 is 2.06 bits per heavy atom. The molecule has 4 heteroatoms. The standard InChI is InChI=1S/C14H22FN3/c1-14(2)10-18(7-6-17(14)3)9-11-8-12(15)4-5-13(11)16/h4-5,8H,6-7,9-10,16H2,1-3H3. The van der Waals surface area contributed by atoms with E-state index in [0.717, 1.165) is 31.7 Å². The summed E-state index contributed by atoms with van der Waals surface area (Å²) in [6.45, 7) is 8.18. The van der Waals surface area contributed by atoms with Gasteiger partial charge in [-0.05, 0) is 44.7 Å². The van der Waals surface area contributed by atoms with Crippen LogP contribution in [0, 0.1) is 5.82 Å². The van der Waals surface area contributed by atoms with Crippen LogP contribution in [0.15, 0.2) is 18.2 Å². The van der Waals surface area contributed by atoms with Gasteiger partial charge in [0, 0.05) is 37.4 Å². The number of likely N-dealkylation sites (N-methyl/N-ethyl adjacent to an activating group) is 1. The maximum absolute atomic E-state index is 13.2. The summed E-state index contributed by atoms with van der Waals surface area (Å²) < 4.78 is 13.2. The molecule has 0 saturated carbocycles. The van der Waals surface area contributed by atoms with Crippen LogP contribution in [-0.4, -0.2) is 42.0 Å². The molecule has 1 fully saturated rings. The Balaban J connectivity index is 2.08. The summed E-state index contributed by atoms with van der Waals surface area (Å²) in [6, 6.07) is 4.60. The Bertz CT molecular complexity index is 431. The Hall–Kier alpha value is -1.13. The molecule has 1 aromatic rings. The maximum Gasteiger partial charge on any atom is 0.123 e. The number of anilines is 1. The molecule has 0 unspecified atom stereocenters. The van der Waals surface area contributed by atoms with E-state index in [1.807, 2.05) is 0 Å². The van der Waals surface area contributed by atoms with Gasteiger partial charge in [-0.15, -0.1) is 0 Å². The second kappa shape index (κ2) is 4.86. The monoisotopic (exact) mass is 251 g/mol. The molecule has 0 spiro atoms. The number of benzene rings is 1. The number of nitrogens with two attached hydrogens (primary N) is 1. The van der Waals surface area contributed by atoms with Crippen molar-refractivity contribution in [3.8, 4) is 0 Å². The minimum Gasteiger partial charge on any atom is -0.398 e. The number of piperazine rings is 1. The number of rotatable bonds is 2. The van der Waals surface area contributed by atoms with Crippen molar-refractivity contribution in [1.29, 1.82) is 0 Å². The van der Waals surface area contributed by atoms with Crippen LogP contribution in [0.5, 0.6) is 0 Å². The van der Waals surface area contributed by atoms with Gasteiger partial charge in [0.2, 0.25) is 0 Å². The van der Waals surface area contributed by atoms with Crippen LogP contribution in [0.2, 0.25) is 0 Å². The molecule has 0 aromatic heterocycles. The van der Waals surface area contributed by atoms with E-state index in [9.17, 15) is 4.39 Å². The molecule has 0 bridgehead atoms. The van der Waals surface area contributed by atoms with Crippen molar-refractivity contribution < 1.29 is 4.39 Å². The van der Waals surface area contributed by atoms with E-state index in [1.165, 1.54) is 6.07 Å². The lowest BCUT2D eigenvalue weighted by atomic mass is 9.99. The van der Waals surface area contributed by atoms with Gasteiger partial charge in [-0.25, -0.2) is 4.39 Å². The van der Waals surface area contributed by atoms with E-state index < -0.39 is 0 Å². The second-order valence-electron chi connectivity index (χ2n) is 5.79. The first-order valence-corrected chi connectivity index (χ1v) is 6.36. The second-order valence-corrected chi connectivity index (χ2v) is 5.79. The summed E-state index contributed by atoms with van der Waals surface area (Å²) in [4.78, 5) is 4.70. The SMILES string of the molecule is CN1CCN(Cc2cc(F)ccc2N)CC1(C)C. The number of halogens is 1. The number of hydrogen-bond acceptors (Lipinski definition) is 3. The van der Waals surface area contributed by atoms with Crippen molar-refractivity contribution in [3.63, 3.8) is 0 Å². The topological polar surface area (TPSA) is 32.5 Å². The van der Waals surface area contributed by atoms with Gasteiger partial charge in [0.15, 0.2) is 0 Å². The van der Waals surface area contributed by atoms with Gasteiger partial charge in [0.05, 0.1) is 0 Å². The highest BCUT2D eigenvalue weighted by Crippen LogP contribution is 2.22. The number of hydrogen-bond donors (Lipinski definition) is 1. The van der Waals surface area contributed by atoms with Crippen molar-refractivity contribution in [2.75, 3.05) is 32.4 Å². The normalized spacial score (nSPS) is 21.1. The van der Waals surface area contributed by atoms with Crippen LogP contribution >= 0.6 is 0 Å². The molecule has 100 valence electrons. The van der Waals surface area contributed by atoms with E-state index in [0.29, 0.717) is 5.69 Å². The van der Waals surface area contributed by atoms with Crippen molar-refractivity contribution in [2.24, 2.45) is 0 Å². The molecular formula is C14H22FN3. The van der Waals surface area contributed by atoms with E-state index in [1.54, 1.807) is 12.1 Å². The van der Waals surface area contributed by atoms with Crippen molar-refractivity contribution >= 4 is 5.69 Å². The first kappa shape index (κ1) is 13.3. The lowest BCUT2D eigenvalue weighted by molar-refractivity contribution is 0.0361. The molecule has 1 aliphatic heterocycles. The van der Waals surface area contributed by atoms with Crippen molar-refractivity contribution in [1.82, 2.24) is 9.80 Å². The van der Waals surface area contributed by atoms with Crippen LogP contribution in [0.3, 0.4) is 0 Å². The average Bonchev–Trinajstić information content (AvgIpc) is 2.28. The molecular weight excluding hydrogens is 229 g/mol. The smallest absolute Gasteiger partial charge is 0.123 e. The molecule has 0 amide bonds. The van der Waals surface area contributed by atoms with Gasteiger partial charge in [-0.3, -0.25) is 9.80 Å². The Kier molecular flexibility index (Phi) is 3.59. The minimum absolute atomic E-state index is 0.153. The zero-order valence-electron chi connectivity index (χ0n) is 11.4. The quantitative estimate of drug-likeness (QED) is 0.815. The Morgan fingerprint density at radius 3 is 2.72 bits per heavy atom. The Morgan fingerprint density at radius 1 is 1.33 bits per heavy atom. The van der Waals surface area contributed by atoms with Crippen LogP contribution in [0.25, 0.3) is 0 Å². The molecule has 3 nitrogen and oxygen atoms in total. The third-order valence-electron chi connectivity index (χ3n) is 3.89. The van der Waals surface area contributed by atoms with Crippen molar-refractivity contribution in [3.05, 3.63) is 29.6 Å². The predicted octanol–water partition coefficient (Wildman–Crippen LogP) is 1.93. The first-order valence-electron chi connectivity index (χ1n) is 6.36. The Labute approximate surface area is 108 Å². The molecule has 0 atom stereocenters. The maximum atomic E-state index is 13.2. The van der Waals surface area contributed by atoms with Crippen LogP contribution in [0.1, 0.15) is 19.4 Å². The fourth-order valence-electron chi connectivity index (χ4n) is 2.43. The molecule has 1 saturated heterocycles. The lowest BCUT2D eigenvalue weighted by Crippen LogP contribution is -2.57. The summed E-state index contributed by atoms with van der Waals surface area (Å²) in [5.74, 6) is -0.215.